The number of hydrogen-bond donors (Lipinski definition) is 2. The van der Waals surface area contributed by atoms with Crippen LogP contribution in [0, 0.1) is 0 Å². The number of rotatable bonds is 2. The number of nitrogens with zero attached hydrogens (tertiary/aromatic N) is 2. The summed E-state index contributed by atoms with van der Waals surface area (Å²) in [5, 5.41) is 3.12. The molecule has 1 aliphatic rings. The molecule has 0 radical (unpaired) electrons. The summed E-state index contributed by atoms with van der Waals surface area (Å²) in [5.74, 6) is 0. The van der Waals surface area contributed by atoms with E-state index in [2.05, 4.69) is 11.4 Å². The van der Waals surface area contributed by atoms with Crippen LogP contribution in [0.15, 0.2) is 46.2 Å². The maximum atomic E-state index is 12.0. The van der Waals surface area contributed by atoms with Crippen LogP contribution in [0.25, 0.3) is 0 Å². The molecule has 0 fully saturated rings. The monoisotopic (exact) mass is 314 g/mol. The summed E-state index contributed by atoms with van der Waals surface area (Å²) in [6.45, 7) is 0. The van der Waals surface area contributed by atoms with Crippen LogP contribution >= 0.6 is 11.8 Å². The molecular formula is C16H18N4OS. The van der Waals surface area contributed by atoms with Crippen molar-refractivity contribution >= 4 is 40.5 Å². The second kappa shape index (κ2) is 5.46. The molecule has 22 heavy (non-hydrogen) atoms. The highest BCUT2D eigenvalue weighted by Gasteiger charge is 2.27. The van der Waals surface area contributed by atoms with Crippen molar-refractivity contribution in [2.75, 3.05) is 36.3 Å². The molecule has 6 heteroatoms. The number of fused-ring (bicyclic) bond motifs is 2. The molecule has 0 spiro atoms. The van der Waals surface area contributed by atoms with Crippen molar-refractivity contribution in [3.8, 4) is 0 Å². The van der Waals surface area contributed by atoms with Crippen LogP contribution in [0.1, 0.15) is 0 Å². The number of carbonyl (C=O) groups is 1. The number of anilines is 4. The van der Waals surface area contributed by atoms with Crippen LogP contribution in [-0.4, -0.2) is 27.2 Å². The third-order valence-electron chi connectivity index (χ3n) is 3.63. The van der Waals surface area contributed by atoms with E-state index in [0.717, 1.165) is 32.5 Å². The lowest BCUT2D eigenvalue weighted by molar-refractivity contribution is 0.256. The quantitative estimate of drug-likeness (QED) is 0.891. The van der Waals surface area contributed by atoms with Gasteiger partial charge in [0.05, 0.1) is 11.4 Å². The van der Waals surface area contributed by atoms with Gasteiger partial charge in [0, 0.05) is 42.3 Å². The largest absolute Gasteiger partial charge is 0.388 e. The van der Waals surface area contributed by atoms with E-state index in [-0.39, 0.29) is 0 Å². The van der Waals surface area contributed by atoms with Crippen molar-refractivity contribution in [3.63, 3.8) is 0 Å². The molecule has 0 bridgehead atoms. The Kier molecular flexibility index (Phi) is 3.62. The average molecular weight is 314 g/mol. The van der Waals surface area contributed by atoms with Gasteiger partial charge >= 0.3 is 6.03 Å². The first-order chi connectivity index (χ1) is 10.5. The standard InChI is InChI=1S/C16H18N4OS/c1-18-10-4-6-12-14(8-10)22-15-9-11(19(2)3)5-7-13(15)20(12)16(17)21/h4-9,18H,1-3H3,(H2,17,21). The Morgan fingerprint density at radius 1 is 1.14 bits per heavy atom. The summed E-state index contributed by atoms with van der Waals surface area (Å²) in [6, 6.07) is 11.4. The highest BCUT2D eigenvalue weighted by Crippen LogP contribution is 2.49. The van der Waals surface area contributed by atoms with Crippen LogP contribution in [0.3, 0.4) is 0 Å². The van der Waals surface area contributed by atoms with E-state index in [0.29, 0.717) is 0 Å². The molecule has 1 heterocycles. The second-order valence-corrected chi connectivity index (χ2v) is 6.34. The van der Waals surface area contributed by atoms with Gasteiger partial charge in [-0.2, -0.15) is 0 Å². The Bertz CT molecular complexity index is 745. The van der Waals surface area contributed by atoms with Crippen molar-refractivity contribution < 1.29 is 4.79 Å². The molecule has 0 unspecified atom stereocenters. The number of carbonyl (C=O) groups excluding carboxylic acids is 1. The molecule has 2 aromatic rings. The van der Waals surface area contributed by atoms with Gasteiger partial charge in [0.2, 0.25) is 0 Å². The highest BCUT2D eigenvalue weighted by atomic mass is 32.2. The molecule has 114 valence electrons. The van der Waals surface area contributed by atoms with Crippen LogP contribution < -0.4 is 20.9 Å². The molecule has 2 aromatic carbocycles. The lowest BCUT2D eigenvalue weighted by atomic mass is 10.2. The Morgan fingerprint density at radius 3 is 2.36 bits per heavy atom. The van der Waals surface area contributed by atoms with Gasteiger partial charge in [-0.1, -0.05) is 11.8 Å². The molecule has 2 amide bonds. The van der Waals surface area contributed by atoms with Crippen molar-refractivity contribution in [3.05, 3.63) is 36.4 Å². The summed E-state index contributed by atoms with van der Waals surface area (Å²) in [7, 11) is 5.86. The minimum Gasteiger partial charge on any atom is -0.388 e. The van der Waals surface area contributed by atoms with Gasteiger partial charge in [0.15, 0.2) is 0 Å². The molecule has 0 saturated carbocycles. The van der Waals surface area contributed by atoms with Gasteiger partial charge in [-0.25, -0.2) is 4.79 Å². The van der Waals surface area contributed by atoms with Gasteiger partial charge in [-0.3, -0.25) is 4.90 Å². The van der Waals surface area contributed by atoms with Gasteiger partial charge in [0.1, 0.15) is 0 Å². The Morgan fingerprint density at radius 2 is 1.77 bits per heavy atom. The smallest absolute Gasteiger partial charge is 0.323 e. The summed E-state index contributed by atoms with van der Waals surface area (Å²) in [4.78, 5) is 17.6. The van der Waals surface area contributed by atoms with Crippen molar-refractivity contribution in [2.24, 2.45) is 5.73 Å². The number of amides is 2. The zero-order valence-corrected chi connectivity index (χ0v) is 13.6. The summed E-state index contributed by atoms with van der Waals surface area (Å²) in [6.07, 6.45) is 0. The number of benzene rings is 2. The van der Waals surface area contributed by atoms with E-state index >= 15 is 0 Å². The summed E-state index contributed by atoms with van der Waals surface area (Å²) in [5.41, 5.74) is 9.35. The predicted molar refractivity (Wildman–Crippen MR) is 92.6 cm³/mol. The van der Waals surface area contributed by atoms with E-state index in [1.54, 1.807) is 16.7 Å². The Balaban J connectivity index is 2.16. The molecular weight excluding hydrogens is 296 g/mol. The summed E-state index contributed by atoms with van der Waals surface area (Å²) >= 11 is 1.65. The zero-order valence-electron chi connectivity index (χ0n) is 12.8. The number of hydrogen-bond acceptors (Lipinski definition) is 4. The van der Waals surface area contributed by atoms with Crippen LogP contribution in [0.2, 0.25) is 0 Å². The molecule has 1 aliphatic heterocycles. The van der Waals surface area contributed by atoms with Gasteiger partial charge in [0.25, 0.3) is 0 Å². The van der Waals surface area contributed by atoms with Gasteiger partial charge in [-0.15, -0.1) is 0 Å². The normalized spacial score (nSPS) is 12.4. The molecule has 5 nitrogen and oxygen atoms in total. The SMILES string of the molecule is CNc1ccc2c(c1)Sc1cc(N(C)C)ccc1N2C(N)=O. The number of primary amides is 1. The Hall–Kier alpha value is -2.34. The van der Waals surface area contributed by atoms with Crippen molar-refractivity contribution in [2.45, 2.75) is 9.79 Å². The first-order valence-electron chi connectivity index (χ1n) is 6.92. The maximum absolute atomic E-state index is 12.0. The fraction of sp³-hybridized carbons (Fsp3) is 0.188. The summed E-state index contributed by atoms with van der Waals surface area (Å²) < 4.78 is 0. The fourth-order valence-electron chi connectivity index (χ4n) is 2.47. The van der Waals surface area contributed by atoms with Crippen LogP contribution in [-0.2, 0) is 0 Å². The van der Waals surface area contributed by atoms with Crippen molar-refractivity contribution in [1.29, 1.82) is 0 Å². The molecule has 0 aromatic heterocycles. The van der Waals surface area contributed by atoms with Gasteiger partial charge < -0.3 is 16.0 Å². The van der Waals surface area contributed by atoms with Crippen molar-refractivity contribution in [1.82, 2.24) is 0 Å². The predicted octanol–water partition coefficient (Wildman–Crippen LogP) is 3.48. The lowest BCUT2D eigenvalue weighted by Crippen LogP contribution is -2.33. The van der Waals surface area contributed by atoms with E-state index in [9.17, 15) is 4.79 Å². The Labute approximate surface area is 134 Å². The topological polar surface area (TPSA) is 61.6 Å². The molecule has 0 aliphatic carbocycles. The van der Waals surface area contributed by atoms with E-state index in [1.807, 2.05) is 56.4 Å². The lowest BCUT2D eigenvalue weighted by Gasteiger charge is -2.30. The number of urea groups is 1. The van der Waals surface area contributed by atoms with E-state index in [1.165, 1.54) is 0 Å². The zero-order chi connectivity index (χ0) is 15.9. The van der Waals surface area contributed by atoms with E-state index < -0.39 is 6.03 Å². The third-order valence-corrected chi connectivity index (χ3v) is 4.72. The van der Waals surface area contributed by atoms with Crippen LogP contribution in [0.4, 0.5) is 27.5 Å². The first kappa shape index (κ1) is 14.6. The minimum atomic E-state index is -0.474. The molecule has 3 rings (SSSR count). The van der Waals surface area contributed by atoms with E-state index in [4.69, 9.17) is 5.73 Å². The van der Waals surface area contributed by atoms with Gasteiger partial charge in [-0.05, 0) is 36.4 Å². The average Bonchev–Trinajstić information content (AvgIpc) is 2.50. The molecule has 0 atom stereocenters. The first-order valence-corrected chi connectivity index (χ1v) is 7.73. The second-order valence-electron chi connectivity index (χ2n) is 5.25. The minimum absolute atomic E-state index is 0.474. The fourth-order valence-corrected chi connectivity index (χ4v) is 3.60. The maximum Gasteiger partial charge on any atom is 0.323 e. The highest BCUT2D eigenvalue weighted by molar-refractivity contribution is 7.99. The number of nitrogens with one attached hydrogen (secondary N) is 1. The molecule has 3 N–H and O–H groups in total. The number of nitrogens with two attached hydrogens (primary N) is 1. The van der Waals surface area contributed by atoms with Crippen LogP contribution in [0.5, 0.6) is 0 Å². The molecule has 0 saturated heterocycles. The third kappa shape index (κ3) is 2.35.